The number of hydrogen-bond acceptors (Lipinski definition) is 4. The molecule has 102 valence electrons. The highest BCUT2D eigenvalue weighted by Crippen LogP contribution is 2.29. The second kappa shape index (κ2) is 4.85. The highest BCUT2D eigenvalue weighted by molar-refractivity contribution is 5.70. The number of nitrogens with one attached hydrogen (secondary N) is 1. The quantitative estimate of drug-likeness (QED) is 0.508. The van der Waals surface area contributed by atoms with E-state index in [9.17, 15) is 10.1 Å². The van der Waals surface area contributed by atoms with Gasteiger partial charge in [0.1, 0.15) is 5.69 Å². The molecular weight excluding hydrogens is 254 g/mol. The smallest absolute Gasteiger partial charge is 0.292 e. The van der Waals surface area contributed by atoms with Crippen LogP contribution in [0.5, 0.6) is 0 Å². The fourth-order valence-electron chi connectivity index (χ4n) is 2.61. The van der Waals surface area contributed by atoms with E-state index in [2.05, 4.69) is 17.4 Å². The Labute approximate surface area is 116 Å². The number of fused-ring (bicyclic) bond motifs is 1. The Balaban J connectivity index is 1.84. The number of rotatable bonds is 3. The molecule has 0 atom stereocenters. The first-order chi connectivity index (χ1) is 9.63. The summed E-state index contributed by atoms with van der Waals surface area (Å²) in [6, 6.07) is 11.0. The number of hydrogen-bond donors (Lipinski definition) is 2. The van der Waals surface area contributed by atoms with E-state index in [4.69, 9.17) is 5.73 Å². The number of nitrogens with two attached hydrogens (primary N) is 1. The van der Waals surface area contributed by atoms with Gasteiger partial charge in [0.05, 0.1) is 4.92 Å². The average molecular weight is 269 g/mol. The Morgan fingerprint density at radius 1 is 1.05 bits per heavy atom. The lowest BCUT2D eigenvalue weighted by Crippen LogP contribution is -1.98. The first-order valence-corrected chi connectivity index (χ1v) is 6.56. The van der Waals surface area contributed by atoms with Crippen LogP contribution in [-0.2, 0) is 12.8 Å². The van der Waals surface area contributed by atoms with Gasteiger partial charge in [-0.2, -0.15) is 0 Å². The summed E-state index contributed by atoms with van der Waals surface area (Å²) < 4.78 is 0. The van der Waals surface area contributed by atoms with Crippen LogP contribution >= 0.6 is 0 Å². The highest BCUT2D eigenvalue weighted by atomic mass is 16.6. The normalized spacial score (nSPS) is 13.0. The van der Waals surface area contributed by atoms with Gasteiger partial charge in [-0.05, 0) is 54.7 Å². The van der Waals surface area contributed by atoms with Crippen LogP contribution in [0.4, 0.5) is 22.7 Å². The third kappa shape index (κ3) is 2.30. The number of benzene rings is 2. The first-order valence-electron chi connectivity index (χ1n) is 6.56. The molecule has 0 aromatic heterocycles. The second-order valence-corrected chi connectivity index (χ2v) is 4.99. The summed E-state index contributed by atoms with van der Waals surface area (Å²) in [5.74, 6) is 0. The van der Waals surface area contributed by atoms with E-state index in [1.807, 2.05) is 6.07 Å². The lowest BCUT2D eigenvalue weighted by Gasteiger charge is -2.09. The fourth-order valence-corrected chi connectivity index (χ4v) is 2.61. The van der Waals surface area contributed by atoms with Crippen LogP contribution in [0.1, 0.15) is 17.5 Å². The molecule has 0 bridgehead atoms. The Morgan fingerprint density at radius 2 is 1.75 bits per heavy atom. The van der Waals surface area contributed by atoms with Gasteiger partial charge >= 0.3 is 0 Å². The van der Waals surface area contributed by atoms with Gasteiger partial charge in [0.15, 0.2) is 0 Å². The molecule has 1 aliphatic carbocycles. The molecule has 0 saturated carbocycles. The SMILES string of the molecule is Nc1cc(Nc2ccc3c(c2)CCC3)ccc1[N+](=O)[O-]. The monoisotopic (exact) mass is 269 g/mol. The number of nitro benzene ring substituents is 1. The van der Waals surface area contributed by atoms with Crippen LogP contribution in [0.3, 0.4) is 0 Å². The summed E-state index contributed by atoms with van der Waals surface area (Å²) in [5.41, 5.74) is 10.3. The fraction of sp³-hybridized carbons (Fsp3) is 0.200. The number of aryl methyl sites for hydroxylation is 2. The molecule has 3 rings (SSSR count). The van der Waals surface area contributed by atoms with Crippen molar-refractivity contribution in [1.82, 2.24) is 0 Å². The van der Waals surface area contributed by atoms with Crippen molar-refractivity contribution < 1.29 is 4.92 Å². The maximum absolute atomic E-state index is 10.7. The standard InChI is InChI=1S/C15H15N3O2/c16-14-9-13(6-7-15(14)18(19)20)17-12-5-4-10-2-1-3-11(10)8-12/h4-9,17H,1-3,16H2. The third-order valence-electron chi connectivity index (χ3n) is 3.61. The summed E-state index contributed by atoms with van der Waals surface area (Å²) in [4.78, 5) is 10.2. The summed E-state index contributed by atoms with van der Waals surface area (Å²) in [6.07, 6.45) is 3.48. The van der Waals surface area contributed by atoms with Crippen molar-refractivity contribution in [2.24, 2.45) is 0 Å². The van der Waals surface area contributed by atoms with Gasteiger partial charge in [-0.25, -0.2) is 0 Å². The molecule has 3 N–H and O–H groups in total. The second-order valence-electron chi connectivity index (χ2n) is 4.99. The summed E-state index contributed by atoms with van der Waals surface area (Å²) in [7, 11) is 0. The van der Waals surface area contributed by atoms with Crippen LogP contribution in [0.2, 0.25) is 0 Å². The van der Waals surface area contributed by atoms with Crippen molar-refractivity contribution in [3.63, 3.8) is 0 Å². The van der Waals surface area contributed by atoms with Gasteiger partial charge < -0.3 is 11.1 Å². The van der Waals surface area contributed by atoms with E-state index in [0.29, 0.717) is 0 Å². The number of nitrogens with zero attached hydrogens (tertiary/aromatic N) is 1. The van der Waals surface area contributed by atoms with Crippen LogP contribution in [0, 0.1) is 10.1 Å². The molecule has 0 fully saturated rings. The minimum Gasteiger partial charge on any atom is -0.393 e. The minimum absolute atomic E-state index is 0.0653. The lowest BCUT2D eigenvalue weighted by molar-refractivity contribution is -0.383. The Kier molecular flexibility index (Phi) is 3.02. The Hall–Kier alpha value is -2.56. The zero-order valence-electron chi connectivity index (χ0n) is 10.9. The topological polar surface area (TPSA) is 81.2 Å². The molecular formula is C15H15N3O2. The molecule has 0 radical (unpaired) electrons. The number of anilines is 3. The van der Waals surface area contributed by atoms with Gasteiger partial charge in [-0.3, -0.25) is 10.1 Å². The van der Waals surface area contributed by atoms with Crippen molar-refractivity contribution in [3.8, 4) is 0 Å². The van der Waals surface area contributed by atoms with Crippen molar-refractivity contribution in [2.45, 2.75) is 19.3 Å². The molecule has 5 nitrogen and oxygen atoms in total. The molecule has 0 aliphatic heterocycles. The molecule has 0 unspecified atom stereocenters. The number of nitro groups is 1. The van der Waals surface area contributed by atoms with Crippen molar-refractivity contribution in [1.29, 1.82) is 0 Å². The highest BCUT2D eigenvalue weighted by Gasteiger charge is 2.13. The van der Waals surface area contributed by atoms with E-state index in [1.165, 1.54) is 23.6 Å². The van der Waals surface area contributed by atoms with Gasteiger partial charge in [0, 0.05) is 17.4 Å². The van der Waals surface area contributed by atoms with E-state index in [0.717, 1.165) is 24.2 Å². The maximum Gasteiger partial charge on any atom is 0.292 e. The Bertz CT molecular complexity index is 683. The van der Waals surface area contributed by atoms with E-state index in [-0.39, 0.29) is 11.4 Å². The van der Waals surface area contributed by atoms with E-state index in [1.54, 1.807) is 12.1 Å². The minimum atomic E-state index is -0.478. The van der Waals surface area contributed by atoms with Crippen molar-refractivity contribution in [3.05, 3.63) is 57.6 Å². The van der Waals surface area contributed by atoms with E-state index < -0.39 is 4.92 Å². The molecule has 5 heteroatoms. The van der Waals surface area contributed by atoms with Crippen LogP contribution < -0.4 is 11.1 Å². The number of nitrogen functional groups attached to an aromatic ring is 1. The summed E-state index contributed by atoms with van der Waals surface area (Å²) in [6.45, 7) is 0. The lowest BCUT2D eigenvalue weighted by atomic mass is 10.1. The Morgan fingerprint density at radius 3 is 2.50 bits per heavy atom. The molecule has 20 heavy (non-hydrogen) atoms. The summed E-state index contributed by atoms with van der Waals surface area (Å²) >= 11 is 0. The van der Waals surface area contributed by atoms with Crippen LogP contribution in [0.25, 0.3) is 0 Å². The molecule has 0 heterocycles. The van der Waals surface area contributed by atoms with Gasteiger partial charge in [-0.15, -0.1) is 0 Å². The third-order valence-corrected chi connectivity index (χ3v) is 3.61. The van der Waals surface area contributed by atoms with Crippen molar-refractivity contribution >= 4 is 22.7 Å². The van der Waals surface area contributed by atoms with Crippen LogP contribution in [0.15, 0.2) is 36.4 Å². The molecule has 0 spiro atoms. The predicted molar refractivity (Wildman–Crippen MR) is 79.3 cm³/mol. The van der Waals surface area contributed by atoms with E-state index >= 15 is 0 Å². The summed E-state index contributed by atoms with van der Waals surface area (Å²) in [5, 5.41) is 14.0. The van der Waals surface area contributed by atoms with Gasteiger partial charge in [-0.1, -0.05) is 6.07 Å². The molecule has 2 aromatic rings. The largest absolute Gasteiger partial charge is 0.393 e. The van der Waals surface area contributed by atoms with Crippen LogP contribution in [-0.4, -0.2) is 4.92 Å². The maximum atomic E-state index is 10.7. The molecule has 0 amide bonds. The molecule has 0 saturated heterocycles. The van der Waals surface area contributed by atoms with Gasteiger partial charge in [0.2, 0.25) is 0 Å². The zero-order valence-corrected chi connectivity index (χ0v) is 10.9. The molecule has 1 aliphatic rings. The van der Waals surface area contributed by atoms with Gasteiger partial charge in [0.25, 0.3) is 5.69 Å². The molecule has 2 aromatic carbocycles. The first kappa shape index (κ1) is 12.5. The van der Waals surface area contributed by atoms with Crippen molar-refractivity contribution in [2.75, 3.05) is 11.1 Å². The zero-order chi connectivity index (χ0) is 14.1. The predicted octanol–water partition coefficient (Wildman–Crippen LogP) is 3.41. The average Bonchev–Trinajstić information content (AvgIpc) is 2.85.